The Labute approximate surface area is 146 Å². The number of nitrogens with zero attached hydrogens (tertiary/aromatic N) is 2. The summed E-state index contributed by atoms with van der Waals surface area (Å²) in [5, 5.41) is 0. The smallest absolute Gasteiger partial charge is 0.139 e. The molecule has 2 heterocycles. The van der Waals surface area contributed by atoms with Gasteiger partial charge in [-0.25, -0.2) is 4.98 Å². The molecule has 1 aliphatic rings. The molecule has 4 rings (SSSR count). The number of carbonyl (C=O) groups excluding carboxylic acids is 1. The van der Waals surface area contributed by atoms with E-state index in [4.69, 9.17) is 10.7 Å². The lowest BCUT2D eigenvalue weighted by molar-refractivity contribution is -0.106. The van der Waals surface area contributed by atoms with Crippen molar-refractivity contribution in [2.24, 2.45) is 5.73 Å². The number of hydrogen-bond acceptors (Lipinski definition) is 4. The molecule has 1 aliphatic heterocycles. The van der Waals surface area contributed by atoms with Crippen LogP contribution in [0.25, 0.3) is 11.0 Å². The lowest BCUT2D eigenvalue weighted by atomic mass is 9.98. The highest BCUT2D eigenvalue weighted by Crippen LogP contribution is 2.33. The van der Waals surface area contributed by atoms with Crippen LogP contribution in [0.15, 0.2) is 42.5 Å². The van der Waals surface area contributed by atoms with Crippen LogP contribution in [-0.2, 0) is 24.1 Å². The lowest BCUT2D eigenvalue weighted by Gasteiger charge is -2.35. The normalized spacial score (nSPS) is 16.8. The number of aryl methyl sites for hydroxylation is 3. The summed E-state index contributed by atoms with van der Waals surface area (Å²) in [7, 11) is 0. The van der Waals surface area contributed by atoms with E-state index < -0.39 is 0 Å². The fraction of sp³-hybridized carbons (Fsp3) is 0.300. The van der Waals surface area contributed by atoms with E-state index in [0.717, 1.165) is 54.5 Å². The fourth-order valence-electron chi connectivity index (χ4n) is 3.65. The molecular weight excluding hydrogens is 312 g/mol. The van der Waals surface area contributed by atoms with Gasteiger partial charge in [0.15, 0.2) is 0 Å². The molecule has 3 aromatic rings. The van der Waals surface area contributed by atoms with E-state index in [2.05, 4.69) is 35.3 Å². The number of aromatic amines is 1. The van der Waals surface area contributed by atoms with Gasteiger partial charge in [-0.3, -0.25) is 0 Å². The molecular formula is C20H22N4O. The first-order chi connectivity index (χ1) is 12.3. The Hall–Kier alpha value is -2.66. The van der Waals surface area contributed by atoms with E-state index in [1.807, 2.05) is 17.0 Å². The van der Waals surface area contributed by atoms with Crippen LogP contribution in [0.2, 0.25) is 0 Å². The highest BCUT2D eigenvalue weighted by molar-refractivity contribution is 5.86. The molecule has 0 saturated carbocycles. The predicted octanol–water partition coefficient (Wildman–Crippen LogP) is 2.58. The summed E-state index contributed by atoms with van der Waals surface area (Å²) >= 11 is 0. The Balaban J connectivity index is 1.64. The largest absolute Gasteiger partial charge is 0.349 e. The number of fused-ring (bicyclic) bond motifs is 3. The van der Waals surface area contributed by atoms with Gasteiger partial charge in [0.2, 0.25) is 0 Å². The van der Waals surface area contributed by atoms with Crippen molar-refractivity contribution in [3.05, 3.63) is 59.4 Å². The third kappa shape index (κ3) is 3.03. The number of nitrogens with one attached hydrogen (secondary N) is 1. The number of imidazole rings is 1. The first-order valence-corrected chi connectivity index (χ1v) is 8.76. The van der Waals surface area contributed by atoms with Gasteiger partial charge in [-0.05, 0) is 37.0 Å². The molecule has 5 heteroatoms. The number of aldehydes is 1. The van der Waals surface area contributed by atoms with E-state index in [1.165, 1.54) is 11.1 Å². The number of aromatic nitrogens is 2. The zero-order valence-electron chi connectivity index (χ0n) is 14.1. The molecule has 128 valence electrons. The maximum absolute atomic E-state index is 11.0. The SMILES string of the molecule is N[C@H]1CCc2c(ccc3[nH]c(CCc4ccccc4)nc23)N1CC=O. The van der Waals surface area contributed by atoms with Crippen LogP contribution < -0.4 is 10.6 Å². The van der Waals surface area contributed by atoms with Crippen molar-refractivity contribution >= 4 is 23.0 Å². The minimum Gasteiger partial charge on any atom is -0.349 e. The van der Waals surface area contributed by atoms with Gasteiger partial charge in [0.05, 0.1) is 23.7 Å². The summed E-state index contributed by atoms with van der Waals surface area (Å²) in [6.07, 6.45) is 4.38. The average Bonchev–Trinajstić information content (AvgIpc) is 3.06. The van der Waals surface area contributed by atoms with Crippen LogP contribution in [0.4, 0.5) is 5.69 Å². The van der Waals surface area contributed by atoms with Crippen molar-refractivity contribution in [3.8, 4) is 0 Å². The minimum atomic E-state index is -0.105. The molecule has 3 N–H and O–H groups in total. The van der Waals surface area contributed by atoms with Gasteiger partial charge >= 0.3 is 0 Å². The molecule has 2 aromatic carbocycles. The Kier molecular flexibility index (Phi) is 4.24. The van der Waals surface area contributed by atoms with Gasteiger partial charge in [-0.15, -0.1) is 0 Å². The second kappa shape index (κ2) is 6.69. The van der Waals surface area contributed by atoms with Gasteiger partial charge < -0.3 is 20.4 Å². The number of nitrogens with two attached hydrogens (primary N) is 1. The van der Waals surface area contributed by atoms with E-state index in [1.54, 1.807) is 0 Å². The van der Waals surface area contributed by atoms with E-state index >= 15 is 0 Å². The summed E-state index contributed by atoms with van der Waals surface area (Å²) in [5.41, 5.74) is 11.8. The number of hydrogen-bond donors (Lipinski definition) is 2. The second-order valence-electron chi connectivity index (χ2n) is 6.55. The van der Waals surface area contributed by atoms with Crippen molar-refractivity contribution < 1.29 is 4.79 Å². The summed E-state index contributed by atoms with van der Waals surface area (Å²) in [5.74, 6) is 1.00. The Morgan fingerprint density at radius 2 is 2.04 bits per heavy atom. The number of H-pyrrole nitrogens is 1. The standard InChI is InChI=1S/C20H22N4O/c21-18-10-7-15-17(24(18)12-13-25)9-8-16-20(15)23-19(22-16)11-6-14-4-2-1-3-5-14/h1-5,8-9,13,18H,6-7,10-12,21H2,(H,22,23)/t18-/m1/s1. The fourth-order valence-corrected chi connectivity index (χ4v) is 3.65. The topological polar surface area (TPSA) is 75.0 Å². The van der Waals surface area contributed by atoms with Gasteiger partial charge in [0, 0.05) is 17.7 Å². The molecule has 1 aromatic heterocycles. The summed E-state index contributed by atoms with van der Waals surface area (Å²) in [6.45, 7) is 0.324. The highest BCUT2D eigenvalue weighted by atomic mass is 16.1. The van der Waals surface area contributed by atoms with Gasteiger partial charge in [0.1, 0.15) is 12.1 Å². The summed E-state index contributed by atoms with van der Waals surface area (Å²) in [4.78, 5) is 21.3. The molecule has 0 spiro atoms. The third-order valence-electron chi connectivity index (χ3n) is 4.95. The Bertz CT molecular complexity index is 887. The van der Waals surface area contributed by atoms with Crippen molar-refractivity contribution in [1.29, 1.82) is 0 Å². The van der Waals surface area contributed by atoms with Crippen LogP contribution in [0.1, 0.15) is 23.4 Å². The maximum atomic E-state index is 11.0. The molecule has 0 unspecified atom stereocenters. The quantitative estimate of drug-likeness (QED) is 0.703. The summed E-state index contributed by atoms with van der Waals surface area (Å²) in [6, 6.07) is 14.5. The molecule has 0 amide bonds. The van der Waals surface area contributed by atoms with Crippen LogP contribution in [0.3, 0.4) is 0 Å². The molecule has 0 bridgehead atoms. The van der Waals surface area contributed by atoms with Gasteiger partial charge in [0.25, 0.3) is 0 Å². The molecule has 5 nitrogen and oxygen atoms in total. The van der Waals surface area contributed by atoms with E-state index in [-0.39, 0.29) is 6.17 Å². The first-order valence-electron chi connectivity index (χ1n) is 8.76. The zero-order chi connectivity index (χ0) is 17.2. The number of carbonyl (C=O) groups is 1. The molecule has 25 heavy (non-hydrogen) atoms. The molecule has 0 fully saturated rings. The van der Waals surface area contributed by atoms with Crippen LogP contribution in [0.5, 0.6) is 0 Å². The van der Waals surface area contributed by atoms with Gasteiger partial charge in [-0.2, -0.15) is 0 Å². The maximum Gasteiger partial charge on any atom is 0.139 e. The van der Waals surface area contributed by atoms with Gasteiger partial charge in [-0.1, -0.05) is 30.3 Å². The summed E-state index contributed by atoms with van der Waals surface area (Å²) < 4.78 is 0. The lowest BCUT2D eigenvalue weighted by Crippen LogP contribution is -2.46. The molecule has 0 saturated heterocycles. The number of rotatable bonds is 5. The molecule has 1 atom stereocenters. The Morgan fingerprint density at radius 3 is 2.84 bits per heavy atom. The minimum absolute atomic E-state index is 0.105. The van der Waals surface area contributed by atoms with Crippen molar-refractivity contribution in [2.45, 2.75) is 31.8 Å². The predicted molar refractivity (Wildman–Crippen MR) is 99.7 cm³/mol. The molecule has 0 aliphatic carbocycles. The monoisotopic (exact) mass is 334 g/mol. The number of benzene rings is 2. The zero-order valence-corrected chi connectivity index (χ0v) is 14.1. The highest BCUT2D eigenvalue weighted by Gasteiger charge is 2.25. The van der Waals surface area contributed by atoms with Crippen molar-refractivity contribution in [2.75, 3.05) is 11.4 Å². The Morgan fingerprint density at radius 1 is 1.20 bits per heavy atom. The van der Waals surface area contributed by atoms with Crippen molar-refractivity contribution in [3.63, 3.8) is 0 Å². The van der Waals surface area contributed by atoms with Crippen LogP contribution in [0, 0.1) is 0 Å². The van der Waals surface area contributed by atoms with E-state index in [0.29, 0.717) is 6.54 Å². The number of anilines is 1. The van der Waals surface area contributed by atoms with E-state index in [9.17, 15) is 4.79 Å². The molecule has 0 radical (unpaired) electrons. The van der Waals surface area contributed by atoms with Crippen LogP contribution in [-0.4, -0.2) is 29.0 Å². The average molecular weight is 334 g/mol. The third-order valence-corrected chi connectivity index (χ3v) is 4.95. The first kappa shape index (κ1) is 15.8. The van der Waals surface area contributed by atoms with Crippen LogP contribution >= 0.6 is 0 Å². The second-order valence-corrected chi connectivity index (χ2v) is 6.55. The van der Waals surface area contributed by atoms with Crippen molar-refractivity contribution in [1.82, 2.24) is 9.97 Å².